The van der Waals surface area contributed by atoms with E-state index in [9.17, 15) is 4.79 Å². The van der Waals surface area contributed by atoms with Crippen LogP contribution < -0.4 is 5.32 Å². The van der Waals surface area contributed by atoms with Crippen molar-refractivity contribution < 1.29 is 4.79 Å². The molecule has 2 aromatic rings. The van der Waals surface area contributed by atoms with Gasteiger partial charge in [0.1, 0.15) is 5.82 Å². The van der Waals surface area contributed by atoms with Crippen LogP contribution >= 0.6 is 0 Å². The van der Waals surface area contributed by atoms with Crippen LogP contribution in [-0.4, -0.2) is 45.0 Å². The molecule has 3 heterocycles. The second kappa shape index (κ2) is 8.06. The van der Waals surface area contributed by atoms with Gasteiger partial charge in [0.25, 0.3) is 0 Å². The van der Waals surface area contributed by atoms with Gasteiger partial charge >= 0.3 is 0 Å². The summed E-state index contributed by atoms with van der Waals surface area (Å²) in [6, 6.07) is 3.85. The van der Waals surface area contributed by atoms with E-state index in [1.807, 2.05) is 31.6 Å². The number of imidazole rings is 1. The molecule has 0 spiro atoms. The molecule has 1 aliphatic heterocycles. The molecule has 1 aliphatic rings. The number of likely N-dealkylation sites (tertiary alicyclic amines) is 1. The van der Waals surface area contributed by atoms with Crippen LogP contribution in [0.25, 0.3) is 0 Å². The van der Waals surface area contributed by atoms with Crippen molar-refractivity contribution in [2.24, 2.45) is 5.92 Å². The van der Waals surface area contributed by atoms with Crippen LogP contribution in [0.1, 0.15) is 24.8 Å². The Morgan fingerprint density at radius 3 is 3.08 bits per heavy atom. The molecule has 1 atom stereocenters. The third-order valence-corrected chi connectivity index (χ3v) is 4.58. The summed E-state index contributed by atoms with van der Waals surface area (Å²) in [7, 11) is 0. The molecular weight excluding hydrogens is 302 g/mol. The fourth-order valence-corrected chi connectivity index (χ4v) is 3.20. The monoisotopic (exact) mass is 327 g/mol. The summed E-state index contributed by atoms with van der Waals surface area (Å²) >= 11 is 0. The van der Waals surface area contributed by atoms with E-state index in [0.29, 0.717) is 5.82 Å². The van der Waals surface area contributed by atoms with Gasteiger partial charge in [-0.05, 0) is 50.9 Å². The molecule has 6 nitrogen and oxygen atoms in total. The minimum Gasteiger partial charge on any atom is -0.337 e. The third kappa shape index (κ3) is 4.41. The first-order valence-electron chi connectivity index (χ1n) is 8.63. The molecule has 1 amide bonds. The van der Waals surface area contributed by atoms with Gasteiger partial charge in [0.2, 0.25) is 5.91 Å². The second-order valence-corrected chi connectivity index (χ2v) is 6.45. The van der Waals surface area contributed by atoms with E-state index in [1.165, 1.54) is 0 Å². The highest BCUT2D eigenvalue weighted by atomic mass is 16.2. The molecule has 6 heteroatoms. The number of anilines is 1. The van der Waals surface area contributed by atoms with Gasteiger partial charge in [-0.3, -0.25) is 4.79 Å². The molecule has 1 N–H and O–H groups in total. The summed E-state index contributed by atoms with van der Waals surface area (Å²) < 4.78 is 2.10. The quantitative estimate of drug-likeness (QED) is 0.884. The van der Waals surface area contributed by atoms with Gasteiger partial charge in [0.05, 0.1) is 12.2 Å². The number of carbonyl (C=O) groups excluding carboxylic acids is 1. The minimum atomic E-state index is 0.0494. The highest BCUT2D eigenvalue weighted by Gasteiger charge is 2.26. The normalized spacial score (nSPS) is 18.5. The van der Waals surface area contributed by atoms with Crippen molar-refractivity contribution in [3.63, 3.8) is 0 Å². The van der Waals surface area contributed by atoms with Crippen LogP contribution in [0.2, 0.25) is 0 Å². The van der Waals surface area contributed by atoms with E-state index in [1.54, 1.807) is 12.4 Å². The predicted octanol–water partition coefficient (Wildman–Crippen LogP) is 2.33. The Hall–Kier alpha value is -2.21. The van der Waals surface area contributed by atoms with Crippen LogP contribution in [0.15, 0.2) is 37.1 Å². The Morgan fingerprint density at radius 2 is 2.29 bits per heavy atom. The van der Waals surface area contributed by atoms with Crippen molar-refractivity contribution in [1.29, 1.82) is 0 Å². The Morgan fingerprint density at radius 1 is 1.38 bits per heavy atom. The Balaban J connectivity index is 1.47. The van der Waals surface area contributed by atoms with Crippen LogP contribution in [0.5, 0.6) is 0 Å². The van der Waals surface area contributed by atoms with Crippen molar-refractivity contribution in [3.05, 3.63) is 42.6 Å². The molecule has 1 unspecified atom stereocenters. The number of carbonyl (C=O) groups is 1. The van der Waals surface area contributed by atoms with Crippen LogP contribution in [-0.2, 0) is 11.3 Å². The molecule has 2 aromatic heterocycles. The SMILES string of the molecule is Cc1cccnc1NC(=O)C1CCCN(CCCn2ccnc2)C1. The molecule has 1 fully saturated rings. The first-order valence-corrected chi connectivity index (χ1v) is 8.63. The number of hydrogen-bond donors (Lipinski definition) is 1. The van der Waals surface area contributed by atoms with Crippen LogP contribution in [0.4, 0.5) is 5.82 Å². The highest BCUT2D eigenvalue weighted by Crippen LogP contribution is 2.19. The molecule has 24 heavy (non-hydrogen) atoms. The Bertz CT molecular complexity index is 655. The number of nitrogens with one attached hydrogen (secondary N) is 1. The van der Waals surface area contributed by atoms with Gasteiger partial charge in [-0.2, -0.15) is 0 Å². The maximum Gasteiger partial charge on any atom is 0.229 e. The lowest BCUT2D eigenvalue weighted by Gasteiger charge is -2.32. The Labute approximate surface area is 142 Å². The van der Waals surface area contributed by atoms with Gasteiger partial charge in [0.15, 0.2) is 0 Å². The number of aromatic nitrogens is 3. The van der Waals surface area contributed by atoms with Crippen molar-refractivity contribution in [2.75, 3.05) is 25.0 Å². The zero-order valence-electron chi connectivity index (χ0n) is 14.2. The number of pyridine rings is 1. The van der Waals surface area contributed by atoms with E-state index >= 15 is 0 Å². The summed E-state index contributed by atoms with van der Waals surface area (Å²) in [6.07, 6.45) is 10.5. The van der Waals surface area contributed by atoms with Gasteiger partial charge in [-0.1, -0.05) is 6.07 Å². The van der Waals surface area contributed by atoms with E-state index in [2.05, 4.69) is 24.8 Å². The molecule has 0 aliphatic carbocycles. The van der Waals surface area contributed by atoms with Crippen molar-refractivity contribution in [1.82, 2.24) is 19.4 Å². The van der Waals surface area contributed by atoms with Crippen LogP contribution in [0.3, 0.4) is 0 Å². The van der Waals surface area contributed by atoms with Crippen molar-refractivity contribution in [2.45, 2.75) is 32.7 Å². The Kier molecular flexibility index (Phi) is 5.59. The molecular formula is C18H25N5O. The fraction of sp³-hybridized carbons (Fsp3) is 0.500. The molecule has 0 bridgehead atoms. The molecule has 1 saturated heterocycles. The lowest BCUT2D eigenvalue weighted by molar-refractivity contribution is -0.121. The van der Waals surface area contributed by atoms with Gasteiger partial charge in [0, 0.05) is 31.7 Å². The summed E-state index contributed by atoms with van der Waals surface area (Å²) in [4.78, 5) is 23.3. The maximum absolute atomic E-state index is 12.5. The van der Waals surface area contributed by atoms with E-state index in [4.69, 9.17) is 0 Å². The number of rotatable bonds is 6. The van der Waals surface area contributed by atoms with Gasteiger partial charge < -0.3 is 14.8 Å². The van der Waals surface area contributed by atoms with E-state index in [-0.39, 0.29) is 11.8 Å². The third-order valence-electron chi connectivity index (χ3n) is 4.58. The zero-order chi connectivity index (χ0) is 16.8. The number of piperidine rings is 1. The first-order chi connectivity index (χ1) is 11.7. The fourth-order valence-electron chi connectivity index (χ4n) is 3.20. The summed E-state index contributed by atoms with van der Waals surface area (Å²) in [6.45, 7) is 5.87. The van der Waals surface area contributed by atoms with Crippen molar-refractivity contribution >= 4 is 11.7 Å². The smallest absolute Gasteiger partial charge is 0.229 e. The lowest BCUT2D eigenvalue weighted by Crippen LogP contribution is -2.41. The number of amides is 1. The first kappa shape index (κ1) is 16.6. The standard InChI is InChI=1S/C18H25N5O/c1-15-5-2-7-20-17(15)21-18(24)16-6-3-9-22(13-16)10-4-11-23-12-8-19-14-23/h2,5,7-8,12,14,16H,3-4,6,9-11,13H2,1H3,(H,20,21,24). The number of aryl methyl sites for hydroxylation is 2. The topological polar surface area (TPSA) is 63.1 Å². The number of nitrogens with zero attached hydrogens (tertiary/aromatic N) is 4. The number of hydrogen-bond acceptors (Lipinski definition) is 4. The molecule has 3 rings (SSSR count). The molecule has 128 valence electrons. The van der Waals surface area contributed by atoms with E-state index in [0.717, 1.165) is 51.0 Å². The zero-order valence-corrected chi connectivity index (χ0v) is 14.2. The minimum absolute atomic E-state index is 0.0494. The molecule has 0 aromatic carbocycles. The average molecular weight is 327 g/mol. The highest BCUT2D eigenvalue weighted by molar-refractivity contribution is 5.92. The van der Waals surface area contributed by atoms with Crippen molar-refractivity contribution in [3.8, 4) is 0 Å². The van der Waals surface area contributed by atoms with Gasteiger partial charge in [-0.25, -0.2) is 9.97 Å². The summed E-state index contributed by atoms with van der Waals surface area (Å²) in [5.74, 6) is 0.823. The predicted molar refractivity (Wildman–Crippen MR) is 93.6 cm³/mol. The molecule has 0 saturated carbocycles. The van der Waals surface area contributed by atoms with E-state index < -0.39 is 0 Å². The average Bonchev–Trinajstić information content (AvgIpc) is 3.11. The molecule has 0 radical (unpaired) electrons. The summed E-state index contributed by atoms with van der Waals surface area (Å²) in [5.41, 5.74) is 0.999. The van der Waals surface area contributed by atoms with Crippen LogP contribution in [0, 0.1) is 12.8 Å². The lowest BCUT2D eigenvalue weighted by atomic mass is 9.97. The largest absolute Gasteiger partial charge is 0.337 e. The van der Waals surface area contributed by atoms with Gasteiger partial charge in [-0.15, -0.1) is 0 Å². The maximum atomic E-state index is 12.5. The second-order valence-electron chi connectivity index (χ2n) is 6.45. The summed E-state index contributed by atoms with van der Waals surface area (Å²) in [5, 5.41) is 2.99.